The van der Waals surface area contributed by atoms with Gasteiger partial charge in [-0.1, -0.05) is 0 Å². The normalized spacial score (nSPS) is 17.7. The fraction of sp³-hybridized carbons (Fsp3) is 0.0625. The molecule has 1 aromatic carbocycles. The van der Waals surface area contributed by atoms with E-state index in [1.165, 1.54) is 12.1 Å². The van der Waals surface area contributed by atoms with Crippen molar-refractivity contribution in [2.75, 3.05) is 4.90 Å². The maximum absolute atomic E-state index is 11.8. The summed E-state index contributed by atoms with van der Waals surface area (Å²) in [6, 6.07) is 3.65. The number of nitrogens with zero attached hydrogens (tertiary/aromatic N) is 1. The molecule has 0 radical (unpaired) electrons. The Morgan fingerprint density at radius 1 is 0.870 bits per heavy atom. The molecular formula is C16H9NO6. The van der Waals surface area contributed by atoms with Gasteiger partial charge in [-0.3, -0.25) is 19.2 Å². The van der Waals surface area contributed by atoms with Gasteiger partial charge in [0.2, 0.25) is 0 Å². The van der Waals surface area contributed by atoms with Crippen LogP contribution in [0.3, 0.4) is 0 Å². The second kappa shape index (κ2) is 5.13. The van der Waals surface area contributed by atoms with Crippen LogP contribution in [0.4, 0.5) is 5.69 Å². The molecule has 114 valence electrons. The number of imide groups is 1. The maximum atomic E-state index is 11.8. The Balaban J connectivity index is 2.13. The Morgan fingerprint density at radius 2 is 1.43 bits per heavy atom. The Hall–Kier alpha value is -3.35. The SMILES string of the molecule is O=C(O)c1cc(C2C(=O)C=CC2=O)cc(N2C(=O)C=CC2=O)c1. The quantitative estimate of drug-likeness (QED) is 0.647. The van der Waals surface area contributed by atoms with Crippen molar-refractivity contribution in [3.63, 3.8) is 0 Å². The van der Waals surface area contributed by atoms with E-state index in [2.05, 4.69) is 0 Å². The van der Waals surface area contributed by atoms with Gasteiger partial charge >= 0.3 is 5.97 Å². The molecule has 7 nitrogen and oxygen atoms in total. The molecule has 0 fully saturated rings. The first-order chi connectivity index (χ1) is 10.9. The van der Waals surface area contributed by atoms with Gasteiger partial charge in [0.05, 0.1) is 11.3 Å². The Bertz CT molecular complexity index is 752. The number of benzene rings is 1. The number of allylic oxidation sites excluding steroid dienone is 2. The van der Waals surface area contributed by atoms with Gasteiger partial charge in [0.15, 0.2) is 11.6 Å². The largest absolute Gasteiger partial charge is 0.478 e. The van der Waals surface area contributed by atoms with Crippen LogP contribution < -0.4 is 4.90 Å². The second-order valence-corrected chi connectivity index (χ2v) is 5.03. The van der Waals surface area contributed by atoms with Gasteiger partial charge < -0.3 is 5.11 Å². The van der Waals surface area contributed by atoms with Gasteiger partial charge in [0, 0.05) is 12.2 Å². The number of carboxylic acids is 1. The highest BCUT2D eigenvalue weighted by Crippen LogP contribution is 2.30. The zero-order valence-corrected chi connectivity index (χ0v) is 11.6. The second-order valence-electron chi connectivity index (χ2n) is 5.03. The lowest BCUT2D eigenvalue weighted by molar-refractivity contribution is -0.123. The van der Waals surface area contributed by atoms with E-state index in [1.807, 2.05) is 0 Å². The van der Waals surface area contributed by atoms with Gasteiger partial charge in [0.1, 0.15) is 5.92 Å². The summed E-state index contributed by atoms with van der Waals surface area (Å²) in [6.07, 6.45) is 4.35. The Kier molecular flexibility index (Phi) is 3.25. The highest BCUT2D eigenvalue weighted by atomic mass is 16.4. The number of hydrogen-bond donors (Lipinski definition) is 1. The Labute approximate surface area is 129 Å². The molecule has 0 atom stereocenters. The summed E-state index contributed by atoms with van der Waals surface area (Å²) >= 11 is 0. The van der Waals surface area contributed by atoms with E-state index >= 15 is 0 Å². The first-order valence-corrected chi connectivity index (χ1v) is 6.58. The molecule has 2 aliphatic rings. The lowest BCUT2D eigenvalue weighted by Gasteiger charge is -2.17. The number of ketones is 2. The molecule has 1 heterocycles. The molecule has 23 heavy (non-hydrogen) atoms. The van der Waals surface area contributed by atoms with E-state index < -0.39 is 35.3 Å². The number of carbonyl (C=O) groups excluding carboxylic acids is 4. The van der Waals surface area contributed by atoms with E-state index in [1.54, 1.807) is 0 Å². The minimum Gasteiger partial charge on any atom is -0.478 e. The summed E-state index contributed by atoms with van der Waals surface area (Å²) in [5, 5.41) is 9.19. The average Bonchev–Trinajstić information content (AvgIpc) is 3.01. The van der Waals surface area contributed by atoms with Crippen molar-refractivity contribution in [3.05, 3.63) is 53.6 Å². The zero-order valence-electron chi connectivity index (χ0n) is 11.6. The van der Waals surface area contributed by atoms with Gasteiger partial charge in [-0.2, -0.15) is 0 Å². The van der Waals surface area contributed by atoms with Crippen molar-refractivity contribution >= 4 is 35.0 Å². The van der Waals surface area contributed by atoms with Crippen LogP contribution >= 0.6 is 0 Å². The molecule has 0 aromatic heterocycles. The van der Waals surface area contributed by atoms with Gasteiger partial charge in [-0.25, -0.2) is 9.69 Å². The highest BCUT2D eigenvalue weighted by Gasteiger charge is 2.32. The number of carboxylic acid groups (broad SMARTS) is 1. The summed E-state index contributed by atoms with van der Waals surface area (Å²) in [4.78, 5) is 59.2. The molecule has 1 aliphatic carbocycles. The highest BCUT2D eigenvalue weighted by molar-refractivity contribution is 6.28. The standard InChI is InChI=1S/C16H9NO6/c18-11-1-2-12(19)15(11)8-5-9(16(22)23)7-10(6-8)17-13(20)3-4-14(17)21/h1-7,15H,(H,22,23). The summed E-state index contributed by atoms with van der Waals surface area (Å²) in [7, 11) is 0. The minimum atomic E-state index is -1.30. The molecule has 0 saturated heterocycles. The van der Waals surface area contributed by atoms with Gasteiger partial charge in [0.25, 0.3) is 11.8 Å². The molecule has 1 N–H and O–H groups in total. The minimum absolute atomic E-state index is 0.00685. The molecule has 1 aromatic rings. The molecule has 1 aliphatic heterocycles. The molecular weight excluding hydrogens is 302 g/mol. The number of anilines is 1. The summed E-state index contributed by atoms with van der Waals surface area (Å²) in [6.45, 7) is 0. The predicted molar refractivity (Wildman–Crippen MR) is 76.9 cm³/mol. The topological polar surface area (TPSA) is 109 Å². The van der Waals surface area contributed by atoms with Crippen LogP contribution in [0.1, 0.15) is 21.8 Å². The van der Waals surface area contributed by atoms with E-state index in [0.29, 0.717) is 0 Å². The molecule has 7 heteroatoms. The molecule has 0 spiro atoms. The van der Waals surface area contributed by atoms with Crippen LogP contribution in [0.25, 0.3) is 0 Å². The third-order valence-electron chi connectivity index (χ3n) is 3.57. The van der Waals surface area contributed by atoms with E-state index in [-0.39, 0.29) is 16.8 Å². The molecule has 0 bridgehead atoms. The monoisotopic (exact) mass is 311 g/mol. The van der Waals surface area contributed by atoms with Crippen molar-refractivity contribution in [2.24, 2.45) is 0 Å². The number of hydrogen-bond acceptors (Lipinski definition) is 5. The van der Waals surface area contributed by atoms with E-state index in [9.17, 15) is 29.1 Å². The van der Waals surface area contributed by atoms with Crippen LogP contribution in [0, 0.1) is 0 Å². The van der Waals surface area contributed by atoms with Crippen LogP contribution in [0.5, 0.6) is 0 Å². The fourth-order valence-electron chi connectivity index (χ4n) is 2.53. The number of carbonyl (C=O) groups is 5. The molecule has 2 amide bonds. The Morgan fingerprint density at radius 3 is 1.96 bits per heavy atom. The first kappa shape index (κ1) is 14.6. The fourth-order valence-corrected chi connectivity index (χ4v) is 2.53. The summed E-state index contributed by atoms with van der Waals surface area (Å²) in [5.41, 5.74) is -0.0858. The van der Waals surface area contributed by atoms with Crippen LogP contribution in [-0.2, 0) is 19.2 Å². The first-order valence-electron chi connectivity index (χ1n) is 6.58. The third kappa shape index (κ3) is 2.38. The van der Waals surface area contributed by atoms with E-state index in [4.69, 9.17) is 0 Å². The lowest BCUT2D eigenvalue weighted by Crippen LogP contribution is -2.30. The average molecular weight is 311 g/mol. The van der Waals surface area contributed by atoms with Crippen molar-refractivity contribution < 1.29 is 29.1 Å². The summed E-state index contributed by atoms with van der Waals surface area (Å²) < 4.78 is 0. The van der Waals surface area contributed by atoms with Crippen molar-refractivity contribution in [1.29, 1.82) is 0 Å². The smallest absolute Gasteiger partial charge is 0.335 e. The predicted octanol–water partition coefficient (Wildman–Crippen LogP) is 0.606. The lowest BCUT2D eigenvalue weighted by atomic mass is 9.93. The third-order valence-corrected chi connectivity index (χ3v) is 3.57. The van der Waals surface area contributed by atoms with Crippen LogP contribution in [-0.4, -0.2) is 34.5 Å². The molecule has 0 saturated carbocycles. The number of amides is 2. The van der Waals surface area contributed by atoms with Crippen molar-refractivity contribution in [1.82, 2.24) is 0 Å². The van der Waals surface area contributed by atoms with E-state index in [0.717, 1.165) is 35.3 Å². The van der Waals surface area contributed by atoms with Crippen molar-refractivity contribution in [2.45, 2.75) is 5.92 Å². The number of aromatic carboxylic acids is 1. The maximum Gasteiger partial charge on any atom is 0.335 e. The zero-order chi connectivity index (χ0) is 16.7. The van der Waals surface area contributed by atoms with Crippen LogP contribution in [0.2, 0.25) is 0 Å². The van der Waals surface area contributed by atoms with Gasteiger partial charge in [-0.15, -0.1) is 0 Å². The van der Waals surface area contributed by atoms with Crippen molar-refractivity contribution in [3.8, 4) is 0 Å². The van der Waals surface area contributed by atoms with Crippen LogP contribution in [0.15, 0.2) is 42.5 Å². The molecule has 0 unspecified atom stereocenters. The number of rotatable bonds is 3. The molecule has 3 rings (SSSR count). The van der Waals surface area contributed by atoms with Gasteiger partial charge in [-0.05, 0) is 35.9 Å². The summed E-state index contributed by atoms with van der Waals surface area (Å²) in [5.74, 6) is -4.63.